The predicted octanol–water partition coefficient (Wildman–Crippen LogP) is 11.3. The van der Waals surface area contributed by atoms with Gasteiger partial charge in [-0.2, -0.15) is 0 Å². The third-order valence-corrected chi connectivity index (χ3v) is 9.03. The summed E-state index contributed by atoms with van der Waals surface area (Å²) in [4.78, 5) is 0. The van der Waals surface area contributed by atoms with E-state index in [1.165, 1.54) is 77.2 Å². The SMILES string of the molecule is CC1(C)c2ccc3ccccc3c2-c2c1cc(-c1cc(-c3ccccc3)cc(-c3ccccc3)c1)c1ccccc21. The molecule has 0 amide bonds. The summed E-state index contributed by atoms with van der Waals surface area (Å²) in [6.07, 6.45) is 0. The molecule has 0 unspecified atom stereocenters. The van der Waals surface area contributed by atoms with Crippen LogP contribution in [-0.4, -0.2) is 0 Å². The van der Waals surface area contributed by atoms with Crippen LogP contribution in [0.5, 0.6) is 0 Å². The lowest BCUT2D eigenvalue weighted by molar-refractivity contribution is 0.661. The molecule has 41 heavy (non-hydrogen) atoms. The van der Waals surface area contributed by atoms with Gasteiger partial charge in [-0.25, -0.2) is 0 Å². The lowest BCUT2D eigenvalue weighted by Gasteiger charge is -2.23. The zero-order chi connectivity index (χ0) is 27.6. The number of benzene rings is 7. The van der Waals surface area contributed by atoms with Crippen LogP contribution in [0.4, 0.5) is 0 Å². The van der Waals surface area contributed by atoms with Gasteiger partial charge in [0, 0.05) is 5.41 Å². The molecule has 8 rings (SSSR count). The Bertz CT molecular complexity index is 2040. The Morgan fingerprint density at radius 1 is 0.366 bits per heavy atom. The second kappa shape index (κ2) is 9.04. The molecule has 0 aliphatic heterocycles. The summed E-state index contributed by atoms with van der Waals surface area (Å²) in [5, 5.41) is 5.26. The summed E-state index contributed by atoms with van der Waals surface area (Å²) in [5.41, 5.74) is 13.0. The van der Waals surface area contributed by atoms with Crippen LogP contribution in [0.15, 0.2) is 146 Å². The van der Waals surface area contributed by atoms with E-state index in [4.69, 9.17) is 0 Å². The highest BCUT2D eigenvalue weighted by Crippen LogP contribution is 2.55. The van der Waals surface area contributed by atoms with Crippen LogP contribution in [0.2, 0.25) is 0 Å². The van der Waals surface area contributed by atoms with Gasteiger partial charge in [0.05, 0.1) is 0 Å². The zero-order valence-electron chi connectivity index (χ0n) is 23.4. The van der Waals surface area contributed by atoms with Crippen LogP contribution in [-0.2, 0) is 5.41 Å². The van der Waals surface area contributed by atoms with Crippen LogP contribution in [0.25, 0.3) is 66.1 Å². The van der Waals surface area contributed by atoms with Crippen LogP contribution in [0.3, 0.4) is 0 Å². The minimum Gasteiger partial charge on any atom is -0.0622 e. The first-order valence-corrected chi connectivity index (χ1v) is 14.4. The summed E-state index contributed by atoms with van der Waals surface area (Å²) in [5.74, 6) is 0. The Morgan fingerprint density at radius 3 is 1.54 bits per heavy atom. The van der Waals surface area contributed by atoms with Crippen molar-refractivity contribution in [2.45, 2.75) is 19.3 Å². The van der Waals surface area contributed by atoms with E-state index in [1.54, 1.807) is 0 Å². The average Bonchev–Trinajstić information content (AvgIpc) is 3.28. The fourth-order valence-corrected chi connectivity index (χ4v) is 6.96. The number of rotatable bonds is 3. The fraction of sp³-hybridized carbons (Fsp3) is 0.0732. The molecule has 0 aromatic heterocycles. The molecule has 7 aromatic rings. The number of hydrogen-bond acceptors (Lipinski definition) is 0. The molecule has 0 saturated heterocycles. The van der Waals surface area contributed by atoms with Gasteiger partial charge < -0.3 is 0 Å². The highest BCUT2D eigenvalue weighted by Gasteiger charge is 2.38. The number of hydrogen-bond donors (Lipinski definition) is 0. The van der Waals surface area contributed by atoms with E-state index in [0.29, 0.717) is 0 Å². The van der Waals surface area contributed by atoms with Crippen molar-refractivity contribution in [3.8, 4) is 44.5 Å². The molecule has 0 spiro atoms. The van der Waals surface area contributed by atoms with Gasteiger partial charge >= 0.3 is 0 Å². The molecule has 0 fully saturated rings. The van der Waals surface area contributed by atoms with Gasteiger partial charge in [0.25, 0.3) is 0 Å². The maximum atomic E-state index is 2.49. The van der Waals surface area contributed by atoms with Gasteiger partial charge in [-0.15, -0.1) is 0 Å². The maximum absolute atomic E-state index is 2.49. The summed E-state index contributed by atoms with van der Waals surface area (Å²) in [7, 11) is 0. The quantitative estimate of drug-likeness (QED) is 0.216. The molecule has 194 valence electrons. The van der Waals surface area contributed by atoms with Crippen LogP contribution in [0, 0.1) is 0 Å². The van der Waals surface area contributed by atoms with Gasteiger partial charge in [-0.05, 0) is 101 Å². The minimum atomic E-state index is -0.104. The summed E-state index contributed by atoms with van der Waals surface area (Å²) < 4.78 is 0. The highest BCUT2D eigenvalue weighted by molar-refractivity contribution is 6.14. The molecular weight excluding hydrogens is 492 g/mol. The highest BCUT2D eigenvalue weighted by atomic mass is 14.4. The van der Waals surface area contributed by atoms with Gasteiger partial charge in [-0.1, -0.05) is 135 Å². The van der Waals surface area contributed by atoms with Crippen molar-refractivity contribution < 1.29 is 0 Å². The number of fused-ring (bicyclic) bond motifs is 7. The first-order chi connectivity index (χ1) is 20.1. The van der Waals surface area contributed by atoms with Crippen molar-refractivity contribution in [2.24, 2.45) is 0 Å². The molecule has 0 heteroatoms. The molecule has 0 radical (unpaired) electrons. The van der Waals surface area contributed by atoms with Crippen molar-refractivity contribution in [3.05, 3.63) is 157 Å². The Kier molecular flexibility index (Phi) is 5.27. The standard InChI is InChI=1S/C41H30/c1-41(2)37-22-21-29-17-9-10-18-33(29)39(37)40-35-20-12-11-19-34(35)36(26-38(40)41)32-24-30(27-13-5-3-6-14-27)23-31(25-32)28-15-7-4-8-16-28/h3-26H,1-2H3. The third kappa shape index (κ3) is 3.68. The van der Waals surface area contributed by atoms with Gasteiger partial charge in [0.2, 0.25) is 0 Å². The molecule has 0 bridgehead atoms. The molecule has 1 aliphatic carbocycles. The Morgan fingerprint density at radius 2 is 0.878 bits per heavy atom. The normalized spacial score (nSPS) is 13.3. The molecule has 0 atom stereocenters. The predicted molar refractivity (Wildman–Crippen MR) is 175 cm³/mol. The first kappa shape index (κ1) is 23.9. The monoisotopic (exact) mass is 522 g/mol. The van der Waals surface area contributed by atoms with Crippen molar-refractivity contribution in [1.82, 2.24) is 0 Å². The van der Waals surface area contributed by atoms with Crippen molar-refractivity contribution in [2.75, 3.05) is 0 Å². The van der Waals surface area contributed by atoms with Crippen LogP contribution in [0.1, 0.15) is 25.0 Å². The van der Waals surface area contributed by atoms with Gasteiger partial charge in [0.1, 0.15) is 0 Å². The Labute approximate surface area is 241 Å². The zero-order valence-corrected chi connectivity index (χ0v) is 23.4. The molecule has 7 aromatic carbocycles. The summed E-state index contributed by atoms with van der Waals surface area (Å²) in [6.45, 7) is 4.78. The molecule has 0 saturated carbocycles. The molecule has 0 heterocycles. The molecule has 0 N–H and O–H groups in total. The smallest absolute Gasteiger partial charge is 0.0159 e. The largest absolute Gasteiger partial charge is 0.0622 e. The van der Waals surface area contributed by atoms with Gasteiger partial charge in [-0.3, -0.25) is 0 Å². The van der Waals surface area contributed by atoms with Crippen LogP contribution < -0.4 is 0 Å². The Balaban J connectivity index is 1.45. The lowest BCUT2D eigenvalue weighted by Crippen LogP contribution is -2.15. The van der Waals surface area contributed by atoms with Crippen molar-refractivity contribution in [1.29, 1.82) is 0 Å². The van der Waals surface area contributed by atoms with Crippen molar-refractivity contribution >= 4 is 21.5 Å². The van der Waals surface area contributed by atoms with Crippen LogP contribution >= 0.6 is 0 Å². The molecular formula is C41H30. The lowest BCUT2D eigenvalue weighted by atomic mass is 9.80. The van der Waals surface area contributed by atoms with E-state index >= 15 is 0 Å². The fourth-order valence-electron chi connectivity index (χ4n) is 6.96. The van der Waals surface area contributed by atoms with Gasteiger partial charge in [0.15, 0.2) is 0 Å². The molecule has 0 nitrogen and oxygen atoms in total. The van der Waals surface area contributed by atoms with Crippen molar-refractivity contribution in [3.63, 3.8) is 0 Å². The Hall–Kier alpha value is -4.94. The van der Waals surface area contributed by atoms with E-state index in [9.17, 15) is 0 Å². The summed E-state index contributed by atoms with van der Waals surface area (Å²) in [6, 6.07) is 53.6. The van der Waals surface area contributed by atoms with E-state index in [1.807, 2.05) is 0 Å². The minimum absolute atomic E-state index is 0.104. The van der Waals surface area contributed by atoms with E-state index in [2.05, 4.69) is 159 Å². The van der Waals surface area contributed by atoms with E-state index < -0.39 is 0 Å². The topological polar surface area (TPSA) is 0 Å². The maximum Gasteiger partial charge on any atom is 0.0159 e. The van der Waals surface area contributed by atoms with E-state index in [-0.39, 0.29) is 5.41 Å². The second-order valence-corrected chi connectivity index (χ2v) is 11.8. The summed E-state index contributed by atoms with van der Waals surface area (Å²) >= 11 is 0. The third-order valence-electron chi connectivity index (χ3n) is 9.03. The first-order valence-electron chi connectivity index (χ1n) is 14.4. The average molecular weight is 523 g/mol. The van der Waals surface area contributed by atoms with E-state index in [0.717, 1.165) is 0 Å². The molecule has 1 aliphatic rings. The second-order valence-electron chi connectivity index (χ2n) is 11.8.